The average Bonchev–Trinajstić information content (AvgIpc) is 2.75. The van der Waals surface area contributed by atoms with Gasteiger partial charge in [0.2, 0.25) is 11.8 Å². The zero-order chi connectivity index (χ0) is 15.9. The third-order valence-electron chi connectivity index (χ3n) is 2.81. The fourth-order valence-electron chi connectivity index (χ4n) is 1.93. The van der Waals surface area contributed by atoms with E-state index in [1.165, 1.54) is 0 Å². The van der Waals surface area contributed by atoms with Crippen molar-refractivity contribution in [3.63, 3.8) is 0 Å². The maximum absolute atomic E-state index is 11.9. The minimum absolute atomic E-state index is 0.0303. The number of hydrogen-bond acceptors (Lipinski definition) is 6. The largest absolute Gasteiger partial charge is 0.353 e. The number of rotatable bonds is 9. The first-order valence-electron chi connectivity index (χ1n) is 7.17. The van der Waals surface area contributed by atoms with Crippen LogP contribution >= 0.6 is 0 Å². The molecule has 0 bridgehead atoms. The average molecular weight is 317 g/mol. The first-order chi connectivity index (χ1) is 9.86. The van der Waals surface area contributed by atoms with Crippen LogP contribution < -0.4 is 5.32 Å². The standard InChI is InChI=1S/C13H23N3O4S/c1-4-6-10(3)14-12(17)8-21(18,19)9-13-15-11(7-5-2)16-20-13/h10H,4-9H2,1-3H3,(H,14,17). The van der Waals surface area contributed by atoms with E-state index in [2.05, 4.69) is 15.5 Å². The first-order valence-corrected chi connectivity index (χ1v) is 8.99. The molecule has 0 saturated carbocycles. The Morgan fingerprint density at radius 2 is 2.05 bits per heavy atom. The lowest BCUT2D eigenvalue weighted by atomic mass is 10.2. The Morgan fingerprint density at radius 3 is 2.67 bits per heavy atom. The number of carbonyl (C=O) groups is 1. The van der Waals surface area contributed by atoms with Crippen molar-refractivity contribution >= 4 is 15.7 Å². The quantitative estimate of drug-likeness (QED) is 0.735. The van der Waals surface area contributed by atoms with E-state index in [4.69, 9.17) is 4.52 Å². The van der Waals surface area contributed by atoms with Gasteiger partial charge in [0, 0.05) is 12.5 Å². The lowest BCUT2D eigenvalue weighted by Gasteiger charge is -2.12. The molecule has 1 N–H and O–H groups in total. The first kappa shape index (κ1) is 17.6. The molecule has 1 unspecified atom stereocenters. The molecule has 0 aliphatic heterocycles. The highest BCUT2D eigenvalue weighted by molar-refractivity contribution is 7.91. The molecule has 0 spiro atoms. The summed E-state index contributed by atoms with van der Waals surface area (Å²) in [5.74, 6) is -0.938. The summed E-state index contributed by atoms with van der Waals surface area (Å²) in [5, 5.41) is 6.35. The molecule has 0 fully saturated rings. The van der Waals surface area contributed by atoms with Gasteiger partial charge in [-0.2, -0.15) is 4.98 Å². The highest BCUT2D eigenvalue weighted by atomic mass is 32.2. The Hall–Kier alpha value is -1.44. The fraction of sp³-hybridized carbons (Fsp3) is 0.769. The Kier molecular flexibility index (Phi) is 6.80. The fourth-order valence-corrected chi connectivity index (χ4v) is 3.01. The SMILES string of the molecule is CCCc1noc(CS(=O)(=O)CC(=O)NC(C)CCC)n1. The van der Waals surface area contributed by atoms with Crippen molar-refractivity contribution in [3.05, 3.63) is 11.7 Å². The van der Waals surface area contributed by atoms with Gasteiger partial charge in [0.1, 0.15) is 11.5 Å². The van der Waals surface area contributed by atoms with Crippen molar-refractivity contribution < 1.29 is 17.7 Å². The molecule has 1 atom stereocenters. The molecule has 0 aliphatic carbocycles. The van der Waals surface area contributed by atoms with Gasteiger partial charge in [0.05, 0.1) is 0 Å². The monoisotopic (exact) mass is 317 g/mol. The van der Waals surface area contributed by atoms with Crippen LogP contribution in [0.25, 0.3) is 0 Å². The van der Waals surface area contributed by atoms with Crippen molar-refractivity contribution in [1.29, 1.82) is 0 Å². The summed E-state index contributed by atoms with van der Waals surface area (Å²) in [6.45, 7) is 5.82. The van der Waals surface area contributed by atoms with Crippen LogP contribution in [-0.2, 0) is 26.8 Å². The Labute approximate surface area is 125 Å². The molecule has 21 heavy (non-hydrogen) atoms. The number of carbonyl (C=O) groups excluding carboxylic acids is 1. The minimum Gasteiger partial charge on any atom is -0.353 e. The smallest absolute Gasteiger partial charge is 0.241 e. The molecule has 7 nitrogen and oxygen atoms in total. The molecule has 8 heteroatoms. The van der Waals surface area contributed by atoms with Gasteiger partial charge in [0.25, 0.3) is 0 Å². The molecule has 0 aliphatic rings. The lowest BCUT2D eigenvalue weighted by molar-refractivity contribution is -0.119. The molecular weight excluding hydrogens is 294 g/mol. The van der Waals surface area contributed by atoms with E-state index in [-0.39, 0.29) is 11.9 Å². The number of nitrogens with zero attached hydrogens (tertiary/aromatic N) is 2. The highest BCUT2D eigenvalue weighted by Gasteiger charge is 2.21. The second kappa shape index (κ2) is 8.11. The summed E-state index contributed by atoms with van der Waals surface area (Å²) < 4.78 is 28.7. The van der Waals surface area contributed by atoms with E-state index in [9.17, 15) is 13.2 Å². The van der Waals surface area contributed by atoms with Crippen molar-refractivity contribution in [3.8, 4) is 0 Å². The Bertz CT molecular complexity index is 554. The van der Waals surface area contributed by atoms with E-state index < -0.39 is 27.3 Å². The van der Waals surface area contributed by atoms with E-state index in [0.717, 1.165) is 19.3 Å². The second-order valence-electron chi connectivity index (χ2n) is 5.14. The van der Waals surface area contributed by atoms with Crippen LogP contribution in [-0.4, -0.2) is 36.3 Å². The summed E-state index contributed by atoms with van der Waals surface area (Å²) in [6, 6.07) is -0.0303. The summed E-state index contributed by atoms with van der Waals surface area (Å²) in [7, 11) is -3.60. The molecule has 120 valence electrons. The van der Waals surface area contributed by atoms with Crippen LogP contribution in [0.2, 0.25) is 0 Å². The zero-order valence-electron chi connectivity index (χ0n) is 12.8. The number of aryl methyl sites for hydroxylation is 1. The van der Waals surface area contributed by atoms with Crippen molar-refractivity contribution in [2.75, 3.05) is 5.75 Å². The van der Waals surface area contributed by atoms with Gasteiger partial charge in [-0.05, 0) is 19.8 Å². The van der Waals surface area contributed by atoms with E-state index in [1.54, 1.807) is 0 Å². The number of amides is 1. The van der Waals surface area contributed by atoms with Crippen LogP contribution in [0.15, 0.2) is 4.52 Å². The van der Waals surface area contributed by atoms with Gasteiger partial charge in [-0.15, -0.1) is 0 Å². The maximum Gasteiger partial charge on any atom is 0.241 e. The van der Waals surface area contributed by atoms with Crippen LogP contribution in [0.1, 0.15) is 51.7 Å². The van der Waals surface area contributed by atoms with Crippen molar-refractivity contribution in [1.82, 2.24) is 15.5 Å². The van der Waals surface area contributed by atoms with E-state index >= 15 is 0 Å². The van der Waals surface area contributed by atoms with Gasteiger partial charge in [-0.1, -0.05) is 25.4 Å². The minimum atomic E-state index is -3.60. The molecule has 0 saturated heterocycles. The van der Waals surface area contributed by atoms with Crippen LogP contribution in [0, 0.1) is 0 Å². The number of aromatic nitrogens is 2. The van der Waals surface area contributed by atoms with Gasteiger partial charge < -0.3 is 9.84 Å². The van der Waals surface area contributed by atoms with Gasteiger partial charge in [0.15, 0.2) is 15.7 Å². The van der Waals surface area contributed by atoms with E-state index in [0.29, 0.717) is 12.2 Å². The van der Waals surface area contributed by atoms with Gasteiger partial charge in [-0.25, -0.2) is 8.42 Å². The molecule has 1 aromatic heterocycles. The Morgan fingerprint density at radius 1 is 1.33 bits per heavy atom. The third-order valence-corrected chi connectivity index (χ3v) is 4.20. The molecule has 1 amide bonds. The lowest BCUT2D eigenvalue weighted by Crippen LogP contribution is -2.37. The second-order valence-corrected chi connectivity index (χ2v) is 7.21. The topological polar surface area (TPSA) is 102 Å². The molecule has 1 rings (SSSR count). The number of hydrogen-bond donors (Lipinski definition) is 1. The Balaban J connectivity index is 2.54. The normalized spacial score (nSPS) is 13.1. The van der Waals surface area contributed by atoms with Crippen LogP contribution in [0.3, 0.4) is 0 Å². The highest BCUT2D eigenvalue weighted by Crippen LogP contribution is 2.06. The summed E-state index contributed by atoms with van der Waals surface area (Å²) in [5.41, 5.74) is 0. The zero-order valence-corrected chi connectivity index (χ0v) is 13.6. The number of nitrogens with one attached hydrogen (secondary N) is 1. The van der Waals surface area contributed by atoms with Crippen molar-refractivity contribution in [2.24, 2.45) is 0 Å². The number of sulfone groups is 1. The maximum atomic E-state index is 11.9. The summed E-state index contributed by atoms with van der Waals surface area (Å²) in [6.07, 6.45) is 3.23. The van der Waals surface area contributed by atoms with Crippen LogP contribution in [0.4, 0.5) is 0 Å². The molecule has 0 aromatic carbocycles. The molecule has 0 radical (unpaired) electrons. The molecular formula is C13H23N3O4S. The summed E-state index contributed by atoms with van der Waals surface area (Å²) >= 11 is 0. The molecule has 1 heterocycles. The van der Waals surface area contributed by atoms with Crippen LogP contribution in [0.5, 0.6) is 0 Å². The predicted molar refractivity (Wildman–Crippen MR) is 78.3 cm³/mol. The summed E-state index contributed by atoms with van der Waals surface area (Å²) in [4.78, 5) is 15.7. The van der Waals surface area contributed by atoms with Gasteiger partial charge in [-0.3, -0.25) is 4.79 Å². The van der Waals surface area contributed by atoms with Gasteiger partial charge >= 0.3 is 0 Å². The van der Waals surface area contributed by atoms with Crippen molar-refractivity contribution in [2.45, 2.75) is 58.2 Å². The van der Waals surface area contributed by atoms with E-state index in [1.807, 2.05) is 20.8 Å². The third kappa shape index (κ3) is 6.70. The molecule has 1 aromatic rings. The predicted octanol–water partition coefficient (Wildman–Crippen LogP) is 1.24.